The fourth-order valence-corrected chi connectivity index (χ4v) is 3.26. The van der Waals surface area contributed by atoms with Crippen molar-refractivity contribution in [2.45, 2.75) is 37.6 Å². The molecule has 19 heavy (non-hydrogen) atoms. The van der Waals surface area contributed by atoms with Crippen molar-refractivity contribution in [3.8, 4) is 0 Å². The summed E-state index contributed by atoms with van der Waals surface area (Å²) in [5.74, 6) is 1.23. The maximum absolute atomic E-state index is 6.31. The van der Waals surface area contributed by atoms with E-state index in [0.29, 0.717) is 17.9 Å². The van der Waals surface area contributed by atoms with Crippen LogP contribution in [0.5, 0.6) is 0 Å². The predicted molar refractivity (Wildman–Crippen MR) is 76.9 cm³/mol. The Hall–Kier alpha value is -1.54. The minimum absolute atomic E-state index is 0.329. The highest BCUT2D eigenvalue weighted by Gasteiger charge is 2.29. The zero-order valence-electron chi connectivity index (χ0n) is 11.2. The Morgan fingerprint density at radius 2 is 1.95 bits per heavy atom. The van der Waals surface area contributed by atoms with Gasteiger partial charge in [-0.1, -0.05) is 30.3 Å². The van der Waals surface area contributed by atoms with Gasteiger partial charge in [0.15, 0.2) is 0 Å². The van der Waals surface area contributed by atoms with Gasteiger partial charge in [0.1, 0.15) is 0 Å². The van der Waals surface area contributed by atoms with Crippen molar-refractivity contribution in [2.24, 2.45) is 11.7 Å². The maximum Gasteiger partial charge on any atom is 0.0934 e. The summed E-state index contributed by atoms with van der Waals surface area (Å²) in [7, 11) is 0. The molecule has 3 atom stereocenters. The molecule has 0 saturated heterocycles. The van der Waals surface area contributed by atoms with Gasteiger partial charge in [-0.25, -0.2) is 0 Å². The van der Waals surface area contributed by atoms with Crippen LogP contribution in [0, 0.1) is 5.92 Å². The lowest BCUT2D eigenvalue weighted by Crippen LogP contribution is -2.36. The van der Waals surface area contributed by atoms with E-state index in [1.165, 1.54) is 24.0 Å². The SMILES string of the molecule is NC1CCC(c2ccccc2)CC1Cc1ccoc1. The van der Waals surface area contributed by atoms with Crippen molar-refractivity contribution in [1.82, 2.24) is 0 Å². The molecule has 2 heteroatoms. The molecule has 1 aliphatic rings. The molecule has 2 aromatic rings. The monoisotopic (exact) mass is 255 g/mol. The van der Waals surface area contributed by atoms with Gasteiger partial charge in [0.2, 0.25) is 0 Å². The van der Waals surface area contributed by atoms with Gasteiger partial charge in [-0.3, -0.25) is 0 Å². The van der Waals surface area contributed by atoms with E-state index in [9.17, 15) is 0 Å². The number of nitrogens with two attached hydrogens (primary N) is 1. The first-order valence-electron chi connectivity index (χ1n) is 7.14. The highest BCUT2D eigenvalue weighted by molar-refractivity contribution is 5.21. The Bertz CT molecular complexity index is 491. The van der Waals surface area contributed by atoms with Crippen LogP contribution in [-0.4, -0.2) is 6.04 Å². The average Bonchev–Trinajstić information content (AvgIpc) is 2.95. The topological polar surface area (TPSA) is 39.2 Å². The lowest BCUT2D eigenvalue weighted by molar-refractivity contribution is 0.276. The molecule has 1 aliphatic carbocycles. The zero-order valence-corrected chi connectivity index (χ0v) is 11.2. The van der Waals surface area contributed by atoms with E-state index in [2.05, 4.69) is 36.4 Å². The first kappa shape index (κ1) is 12.5. The van der Waals surface area contributed by atoms with Crippen LogP contribution in [0.2, 0.25) is 0 Å². The third kappa shape index (κ3) is 2.90. The molecule has 0 bridgehead atoms. The summed E-state index contributed by atoms with van der Waals surface area (Å²) in [6.07, 6.45) is 8.17. The second kappa shape index (κ2) is 5.62. The van der Waals surface area contributed by atoms with Crippen molar-refractivity contribution in [3.63, 3.8) is 0 Å². The van der Waals surface area contributed by atoms with E-state index >= 15 is 0 Å². The molecule has 0 spiro atoms. The van der Waals surface area contributed by atoms with E-state index < -0.39 is 0 Å². The van der Waals surface area contributed by atoms with Gasteiger partial charge in [0.05, 0.1) is 12.5 Å². The minimum atomic E-state index is 0.329. The molecule has 3 unspecified atom stereocenters. The second-order valence-corrected chi connectivity index (χ2v) is 5.68. The Morgan fingerprint density at radius 3 is 2.68 bits per heavy atom. The highest BCUT2D eigenvalue weighted by atomic mass is 16.3. The van der Waals surface area contributed by atoms with Crippen molar-refractivity contribution < 1.29 is 4.42 Å². The standard InChI is InChI=1S/C17H21NO/c18-17-7-6-15(14-4-2-1-3-5-14)11-16(17)10-13-8-9-19-12-13/h1-5,8-9,12,15-17H,6-7,10-11,18H2. The summed E-state index contributed by atoms with van der Waals surface area (Å²) in [5, 5.41) is 0. The van der Waals surface area contributed by atoms with Crippen LogP contribution in [0.3, 0.4) is 0 Å². The lowest BCUT2D eigenvalue weighted by atomic mass is 9.73. The molecule has 1 heterocycles. The molecule has 1 saturated carbocycles. The Morgan fingerprint density at radius 1 is 1.11 bits per heavy atom. The number of hydrogen-bond donors (Lipinski definition) is 1. The number of rotatable bonds is 3. The lowest BCUT2D eigenvalue weighted by Gasteiger charge is -2.34. The van der Waals surface area contributed by atoms with Crippen LogP contribution < -0.4 is 5.73 Å². The molecule has 1 aromatic carbocycles. The molecule has 100 valence electrons. The van der Waals surface area contributed by atoms with E-state index in [0.717, 1.165) is 12.8 Å². The fourth-order valence-electron chi connectivity index (χ4n) is 3.26. The summed E-state index contributed by atoms with van der Waals surface area (Å²) < 4.78 is 5.16. The Kier molecular flexibility index (Phi) is 3.69. The third-order valence-corrected chi connectivity index (χ3v) is 4.39. The van der Waals surface area contributed by atoms with Crippen LogP contribution in [0.4, 0.5) is 0 Å². The van der Waals surface area contributed by atoms with Gasteiger partial charge >= 0.3 is 0 Å². The van der Waals surface area contributed by atoms with Crippen LogP contribution in [-0.2, 0) is 6.42 Å². The van der Waals surface area contributed by atoms with Gasteiger partial charge in [-0.05, 0) is 54.7 Å². The maximum atomic E-state index is 6.31. The molecule has 2 N–H and O–H groups in total. The van der Waals surface area contributed by atoms with E-state index in [1.807, 2.05) is 6.26 Å². The van der Waals surface area contributed by atoms with Gasteiger partial charge in [-0.2, -0.15) is 0 Å². The Labute approximate surface area is 114 Å². The van der Waals surface area contributed by atoms with Crippen molar-refractivity contribution in [1.29, 1.82) is 0 Å². The first-order valence-corrected chi connectivity index (χ1v) is 7.14. The molecule has 0 aliphatic heterocycles. The molecule has 0 amide bonds. The van der Waals surface area contributed by atoms with E-state index in [-0.39, 0.29) is 0 Å². The van der Waals surface area contributed by atoms with Crippen LogP contribution in [0.1, 0.15) is 36.3 Å². The summed E-state index contributed by atoms with van der Waals surface area (Å²) >= 11 is 0. The third-order valence-electron chi connectivity index (χ3n) is 4.39. The van der Waals surface area contributed by atoms with Crippen molar-refractivity contribution in [3.05, 3.63) is 60.1 Å². The summed E-state index contributed by atoms with van der Waals surface area (Å²) in [6, 6.07) is 13.2. The smallest absolute Gasteiger partial charge is 0.0934 e. The van der Waals surface area contributed by atoms with Crippen LogP contribution in [0.15, 0.2) is 53.3 Å². The average molecular weight is 255 g/mol. The van der Waals surface area contributed by atoms with E-state index in [4.69, 9.17) is 10.2 Å². The second-order valence-electron chi connectivity index (χ2n) is 5.68. The number of benzene rings is 1. The van der Waals surface area contributed by atoms with Gasteiger partial charge < -0.3 is 10.2 Å². The molecule has 0 radical (unpaired) electrons. The molecule has 2 nitrogen and oxygen atoms in total. The summed E-state index contributed by atoms with van der Waals surface area (Å²) in [6.45, 7) is 0. The van der Waals surface area contributed by atoms with Gasteiger partial charge in [0, 0.05) is 6.04 Å². The zero-order chi connectivity index (χ0) is 13.1. The van der Waals surface area contributed by atoms with Gasteiger partial charge in [0.25, 0.3) is 0 Å². The Balaban J connectivity index is 1.70. The highest BCUT2D eigenvalue weighted by Crippen LogP contribution is 2.37. The quantitative estimate of drug-likeness (QED) is 0.907. The van der Waals surface area contributed by atoms with Gasteiger partial charge in [-0.15, -0.1) is 0 Å². The molecular weight excluding hydrogens is 234 g/mol. The summed E-state index contributed by atoms with van der Waals surface area (Å²) in [4.78, 5) is 0. The number of furan rings is 1. The minimum Gasteiger partial charge on any atom is -0.472 e. The van der Waals surface area contributed by atoms with Crippen LogP contribution >= 0.6 is 0 Å². The fraction of sp³-hybridized carbons (Fsp3) is 0.412. The molecule has 3 rings (SSSR count). The van der Waals surface area contributed by atoms with E-state index in [1.54, 1.807) is 6.26 Å². The van der Waals surface area contributed by atoms with Crippen molar-refractivity contribution in [2.75, 3.05) is 0 Å². The first-order chi connectivity index (χ1) is 9.33. The molecule has 1 fully saturated rings. The molecule has 1 aromatic heterocycles. The van der Waals surface area contributed by atoms with Crippen molar-refractivity contribution >= 4 is 0 Å². The predicted octanol–water partition coefficient (Wildman–Crippen LogP) is 3.73. The normalized spacial score (nSPS) is 27.3. The van der Waals surface area contributed by atoms with Crippen LogP contribution in [0.25, 0.3) is 0 Å². The largest absolute Gasteiger partial charge is 0.472 e. The summed E-state index contributed by atoms with van der Waals surface area (Å²) in [5.41, 5.74) is 9.04. The number of hydrogen-bond acceptors (Lipinski definition) is 2. The molecular formula is C17H21NO.